The molecule has 0 heterocycles. The Kier molecular flexibility index (Phi) is 7.92. The molecule has 0 spiro atoms. The van der Waals surface area contributed by atoms with Gasteiger partial charge in [-0.05, 0) is 19.1 Å². The van der Waals surface area contributed by atoms with E-state index in [-0.39, 0.29) is 11.5 Å². The fourth-order valence-electron chi connectivity index (χ4n) is 0.888. The second-order valence-corrected chi connectivity index (χ2v) is 4.92. The third kappa shape index (κ3) is 6.87. The van der Waals surface area contributed by atoms with Crippen molar-refractivity contribution in [1.29, 1.82) is 0 Å². The summed E-state index contributed by atoms with van der Waals surface area (Å²) in [6.45, 7) is 1.30. The minimum Gasteiger partial charge on any atom is -0.480 e. The van der Waals surface area contributed by atoms with Crippen LogP contribution < -0.4 is 5.73 Å². The number of benzene rings is 1. The second kappa shape index (κ2) is 8.59. The number of aliphatic carboxylic acids is 1. The molecule has 0 bridgehead atoms. The van der Waals surface area contributed by atoms with Gasteiger partial charge in [0.15, 0.2) is 0 Å². The van der Waals surface area contributed by atoms with Gasteiger partial charge in [-0.25, -0.2) is 0 Å². The van der Waals surface area contributed by atoms with Gasteiger partial charge in [-0.15, -0.1) is 0 Å². The maximum absolute atomic E-state index is 11.2. The van der Waals surface area contributed by atoms with Gasteiger partial charge in [-0.2, -0.15) is 8.42 Å². The van der Waals surface area contributed by atoms with Gasteiger partial charge in [-0.1, -0.05) is 18.2 Å². The van der Waals surface area contributed by atoms with Gasteiger partial charge in [0.25, 0.3) is 10.1 Å². The number of aliphatic hydroxyl groups is 1. The molecule has 8 heteroatoms. The lowest BCUT2D eigenvalue weighted by molar-refractivity contribution is -0.139. The first kappa shape index (κ1) is 17.5. The Hall–Kier alpha value is -1.48. The van der Waals surface area contributed by atoms with Gasteiger partial charge in [0.1, 0.15) is 6.04 Å². The van der Waals surface area contributed by atoms with Crippen molar-refractivity contribution in [1.82, 2.24) is 0 Å². The number of nitrogens with two attached hydrogens (primary N) is 1. The lowest BCUT2D eigenvalue weighted by atomic mass is 10.3. The highest BCUT2D eigenvalue weighted by molar-refractivity contribution is 7.86. The third-order valence-electron chi connectivity index (χ3n) is 1.82. The van der Waals surface area contributed by atoms with Gasteiger partial charge in [0.2, 0.25) is 0 Å². The van der Waals surface area contributed by atoms with Gasteiger partial charge >= 0.3 is 5.97 Å². The van der Waals surface area contributed by atoms with Crippen LogP contribution in [0.2, 0.25) is 0 Å². The molecule has 0 saturated heterocycles. The van der Waals surface area contributed by atoms with E-state index in [0.29, 0.717) is 0 Å². The summed E-state index contributed by atoms with van der Waals surface area (Å²) in [4.78, 5) is 9.85. The van der Waals surface area contributed by atoms with Gasteiger partial charge < -0.3 is 15.9 Å². The molecular formula is C11H17NO6S. The van der Waals surface area contributed by atoms with Crippen LogP contribution in [0.5, 0.6) is 0 Å². The SMILES string of the molecule is CCOS(=O)(=O)c1ccccc1.NC(CO)C(=O)O. The van der Waals surface area contributed by atoms with E-state index < -0.39 is 28.7 Å². The molecule has 108 valence electrons. The summed E-state index contributed by atoms with van der Waals surface area (Å²) in [5.41, 5.74) is 4.77. The van der Waals surface area contributed by atoms with E-state index >= 15 is 0 Å². The van der Waals surface area contributed by atoms with Crippen molar-refractivity contribution in [3.63, 3.8) is 0 Å². The molecule has 1 atom stereocenters. The van der Waals surface area contributed by atoms with Crippen molar-refractivity contribution >= 4 is 16.1 Å². The molecule has 4 N–H and O–H groups in total. The summed E-state index contributed by atoms with van der Waals surface area (Å²) in [5, 5.41) is 15.9. The number of rotatable bonds is 5. The number of carbonyl (C=O) groups is 1. The van der Waals surface area contributed by atoms with Crippen LogP contribution in [0, 0.1) is 0 Å². The Morgan fingerprint density at radius 1 is 1.37 bits per heavy atom. The molecule has 0 aliphatic heterocycles. The molecule has 0 aliphatic carbocycles. The van der Waals surface area contributed by atoms with E-state index in [9.17, 15) is 13.2 Å². The summed E-state index contributed by atoms with van der Waals surface area (Å²) in [7, 11) is -3.51. The minimum atomic E-state index is -3.51. The second-order valence-electron chi connectivity index (χ2n) is 3.30. The Bertz CT molecular complexity index is 473. The number of aliphatic hydroxyl groups excluding tert-OH is 1. The van der Waals surface area contributed by atoms with E-state index in [1.54, 1.807) is 25.1 Å². The van der Waals surface area contributed by atoms with Crippen LogP contribution in [-0.4, -0.2) is 43.9 Å². The molecular weight excluding hydrogens is 274 g/mol. The molecule has 1 unspecified atom stereocenters. The Labute approximate surface area is 111 Å². The maximum Gasteiger partial charge on any atom is 0.322 e. The van der Waals surface area contributed by atoms with E-state index in [1.807, 2.05) is 0 Å². The van der Waals surface area contributed by atoms with Crippen molar-refractivity contribution in [3.8, 4) is 0 Å². The number of carboxylic acids is 1. The normalized spacial score (nSPS) is 12.2. The molecule has 7 nitrogen and oxygen atoms in total. The fraction of sp³-hybridized carbons (Fsp3) is 0.364. The number of hydrogen-bond donors (Lipinski definition) is 3. The van der Waals surface area contributed by atoms with Crippen molar-refractivity contribution in [2.75, 3.05) is 13.2 Å². The fourth-order valence-corrected chi connectivity index (χ4v) is 1.83. The van der Waals surface area contributed by atoms with Crippen LogP contribution >= 0.6 is 0 Å². The predicted molar refractivity (Wildman–Crippen MR) is 68.0 cm³/mol. The Morgan fingerprint density at radius 2 is 1.89 bits per heavy atom. The first-order chi connectivity index (χ1) is 8.85. The van der Waals surface area contributed by atoms with Gasteiger partial charge in [-0.3, -0.25) is 8.98 Å². The monoisotopic (exact) mass is 291 g/mol. The van der Waals surface area contributed by atoms with Crippen LogP contribution in [0.15, 0.2) is 35.2 Å². The lowest BCUT2D eigenvalue weighted by Crippen LogP contribution is -2.33. The lowest BCUT2D eigenvalue weighted by Gasteiger charge is -2.01. The third-order valence-corrected chi connectivity index (χ3v) is 3.21. The molecule has 1 aromatic rings. The van der Waals surface area contributed by atoms with E-state index in [4.69, 9.17) is 15.9 Å². The number of hydrogen-bond acceptors (Lipinski definition) is 6. The highest BCUT2D eigenvalue weighted by Crippen LogP contribution is 2.10. The maximum atomic E-state index is 11.2. The average molecular weight is 291 g/mol. The molecule has 1 aromatic carbocycles. The zero-order valence-corrected chi connectivity index (χ0v) is 11.2. The van der Waals surface area contributed by atoms with Crippen LogP contribution in [0.25, 0.3) is 0 Å². The average Bonchev–Trinajstić information content (AvgIpc) is 2.39. The summed E-state index contributed by atoms with van der Waals surface area (Å²) >= 11 is 0. The van der Waals surface area contributed by atoms with Crippen molar-refractivity contribution < 1.29 is 27.6 Å². The molecule has 0 aromatic heterocycles. The molecule has 0 aliphatic rings. The number of carboxylic acid groups (broad SMARTS) is 1. The predicted octanol–water partition coefficient (Wildman–Crippen LogP) is -0.198. The largest absolute Gasteiger partial charge is 0.480 e. The standard InChI is InChI=1S/C8H10O3S.C3H7NO3/c1-2-11-12(9,10)8-6-4-3-5-7-8;4-2(1-5)3(6)7/h3-7H,2H2,1H3;2,5H,1,4H2,(H,6,7). The van der Waals surface area contributed by atoms with Crippen LogP contribution in [0.4, 0.5) is 0 Å². The Morgan fingerprint density at radius 3 is 2.21 bits per heavy atom. The molecule has 0 amide bonds. The van der Waals surface area contributed by atoms with Crippen molar-refractivity contribution in [3.05, 3.63) is 30.3 Å². The molecule has 1 rings (SSSR count). The summed E-state index contributed by atoms with van der Waals surface area (Å²) in [5.74, 6) is -1.18. The zero-order valence-electron chi connectivity index (χ0n) is 10.4. The molecule has 0 fully saturated rings. The summed E-state index contributed by atoms with van der Waals surface area (Å²) in [6, 6.07) is 6.96. The molecule has 19 heavy (non-hydrogen) atoms. The molecule has 0 saturated carbocycles. The summed E-state index contributed by atoms with van der Waals surface area (Å²) in [6.07, 6.45) is 0. The van der Waals surface area contributed by atoms with E-state index in [2.05, 4.69) is 4.18 Å². The summed E-state index contributed by atoms with van der Waals surface area (Å²) < 4.78 is 27.0. The highest BCUT2D eigenvalue weighted by Gasteiger charge is 2.12. The van der Waals surface area contributed by atoms with Crippen molar-refractivity contribution in [2.45, 2.75) is 17.9 Å². The minimum absolute atomic E-state index is 0.164. The van der Waals surface area contributed by atoms with E-state index in [1.165, 1.54) is 12.1 Å². The molecule has 0 radical (unpaired) electrons. The first-order valence-electron chi connectivity index (χ1n) is 5.38. The quantitative estimate of drug-likeness (QED) is 0.641. The van der Waals surface area contributed by atoms with Crippen LogP contribution in [-0.2, 0) is 19.1 Å². The topological polar surface area (TPSA) is 127 Å². The van der Waals surface area contributed by atoms with Gasteiger partial charge in [0, 0.05) is 0 Å². The van der Waals surface area contributed by atoms with Crippen LogP contribution in [0.1, 0.15) is 6.92 Å². The Balaban J connectivity index is 0.000000399. The van der Waals surface area contributed by atoms with Crippen molar-refractivity contribution in [2.24, 2.45) is 5.73 Å². The zero-order chi connectivity index (χ0) is 14.9. The highest BCUT2D eigenvalue weighted by atomic mass is 32.2. The van der Waals surface area contributed by atoms with Crippen LogP contribution in [0.3, 0.4) is 0 Å². The van der Waals surface area contributed by atoms with E-state index in [0.717, 1.165) is 0 Å². The van der Waals surface area contributed by atoms with Gasteiger partial charge in [0.05, 0.1) is 18.1 Å². The first-order valence-corrected chi connectivity index (χ1v) is 6.79. The smallest absolute Gasteiger partial charge is 0.322 e.